The van der Waals surface area contributed by atoms with Crippen molar-refractivity contribution in [2.24, 2.45) is 4.99 Å². The van der Waals surface area contributed by atoms with E-state index in [1.165, 1.54) is 11.1 Å². The number of guanidine groups is 1. The standard InChI is InChI=1S/C19H31BrN4O.HI/c1-4-21-19(22-14-16-5-6-17(20)13-15(16)2)23-18-7-9-24(10-8-18)11-12-25-3;/h5-6,13,18H,4,7-12,14H2,1-3H3,(H2,21,22,23);1H. The van der Waals surface area contributed by atoms with Gasteiger partial charge in [-0.1, -0.05) is 22.0 Å². The van der Waals surface area contributed by atoms with Crippen molar-refractivity contribution in [2.75, 3.05) is 39.9 Å². The van der Waals surface area contributed by atoms with Gasteiger partial charge in [0.1, 0.15) is 0 Å². The average molecular weight is 539 g/mol. The molecule has 0 saturated carbocycles. The molecule has 1 fully saturated rings. The molecule has 0 aromatic heterocycles. The van der Waals surface area contributed by atoms with Crippen molar-refractivity contribution in [3.8, 4) is 0 Å². The Labute approximate surface area is 183 Å². The van der Waals surface area contributed by atoms with Crippen LogP contribution in [0.5, 0.6) is 0 Å². The van der Waals surface area contributed by atoms with Crippen molar-refractivity contribution in [1.82, 2.24) is 15.5 Å². The van der Waals surface area contributed by atoms with Gasteiger partial charge in [0, 0.05) is 43.8 Å². The summed E-state index contributed by atoms with van der Waals surface area (Å²) in [6.45, 7) is 9.88. The summed E-state index contributed by atoms with van der Waals surface area (Å²) < 4.78 is 6.28. The molecule has 26 heavy (non-hydrogen) atoms. The molecule has 5 nitrogen and oxygen atoms in total. The Kier molecular flexibility index (Phi) is 11.7. The number of aryl methyl sites for hydroxylation is 1. The number of nitrogens with zero attached hydrogens (tertiary/aromatic N) is 2. The van der Waals surface area contributed by atoms with E-state index in [2.05, 4.69) is 63.5 Å². The summed E-state index contributed by atoms with van der Waals surface area (Å²) in [6, 6.07) is 6.85. The molecule has 0 bridgehead atoms. The largest absolute Gasteiger partial charge is 0.383 e. The Hall–Kier alpha value is -0.380. The minimum absolute atomic E-state index is 0. The van der Waals surface area contributed by atoms with Crippen LogP contribution in [0, 0.1) is 6.92 Å². The summed E-state index contributed by atoms with van der Waals surface area (Å²) in [7, 11) is 1.76. The molecule has 7 heteroatoms. The lowest BCUT2D eigenvalue weighted by molar-refractivity contribution is 0.128. The van der Waals surface area contributed by atoms with E-state index in [4.69, 9.17) is 9.73 Å². The molecular weight excluding hydrogens is 507 g/mol. The molecule has 1 saturated heterocycles. The highest BCUT2D eigenvalue weighted by Crippen LogP contribution is 2.16. The maximum absolute atomic E-state index is 5.17. The SMILES string of the molecule is CCNC(=NCc1ccc(Br)cc1C)NC1CCN(CCOC)CC1.I. The molecule has 0 radical (unpaired) electrons. The third-order valence-electron chi connectivity index (χ3n) is 4.60. The Balaban J connectivity index is 0.00000338. The fourth-order valence-electron chi connectivity index (χ4n) is 3.04. The summed E-state index contributed by atoms with van der Waals surface area (Å²) in [6.07, 6.45) is 2.29. The predicted octanol–water partition coefficient (Wildman–Crippen LogP) is 3.54. The third-order valence-corrected chi connectivity index (χ3v) is 5.09. The predicted molar refractivity (Wildman–Crippen MR) is 124 cm³/mol. The second kappa shape index (κ2) is 12.9. The number of hydrogen-bond acceptors (Lipinski definition) is 3. The molecule has 0 aliphatic carbocycles. The van der Waals surface area contributed by atoms with Crippen LogP contribution >= 0.6 is 39.9 Å². The topological polar surface area (TPSA) is 48.9 Å². The normalized spacial score (nSPS) is 16.2. The van der Waals surface area contributed by atoms with Gasteiger partial charge in [0.2, 0.25) is 0 Å². The zero-order chi connectivity index (χ0) is 18.1. The maximum atomic E-state index is 5.17. The Bertz CT molecular complexity index is 562. The molecule has 2 N–H and O–H groups in total. The molecule has 1 aromatic carbocycles. The highest BCUT2D eigenvalue weighted by atomic mass is 127. The van der Waals surface area contributed by atoms with Gasteiger partial charge < -0.3 is 20.3 Å². The van der Waals surface area contributed by atoms with Gasteiger partial charge in [0.05, 0.1) is 13.2 Å². The van der Waals surface area contributed by atoms with E-state index in [0.29, 0.717) is 12.6 Å². The van der Waals surface area contributed by atoms with Crippen LogP contribution in [0.4, 0.5) is 0 Å². The van der Waals surface area contributed by atoms with E-state index in [0.717, 1.165) is 56.1 Å². The van der Waals surface area contributed by atoms with Gasteiger partial charge in [-0.2, -0.15) is 0 Å². The van der Waals surface area contributed by atoms with Crippen LogP contribution in [0.15, 0.2) is 27.7 Å². The van der Waals surface area contributed by atoms with Crippen molar-refractivity contribution in [2.45, 2.75) is 39.3 Å². The fourth-order valence-corrected chi connectivity index (χ4v) is 3.51. The number of hydrogen-bond donors (Lipinski definition) is 2. The van der Waals surface area contributed by atoms with E-state index in [-0.39, 0.29) is 24.0 Å². The molecule has 0 spiro atoms. The van der Waals surface area contributed by atoms with Crippen molar-refractivity contribution in [3.05, 3.63) is 33.8 Å². The van der Waals surface area contributed by atoms with Crippen LogP contribution in [-0.4, -0.2) is 56.8 Å². The van der Waals surface area contributed by atoms with Crippen LogP contribution in [0.1, 0.15) is 30.9 Å². The number of piperidine rings is 1. The lowest BCUT2D eigenvalue weighted by Crippen LogP contribution is -2.49. The lowest BCUT2D eigenvalue weighted by Gasteiger charge is -2.32. The number of rotatable bonds is 7. The zero-order valence-corrected chi connectivity index (χ0v) is 20.0. The molecule has 148 valence electrons. The molecular formula is C19H32BrIN4O. The van der Waals surface area contributed by atoms with Crippen molar-refractivity contribution in [1.29, 1.82) is 0 Å². The molecule has 0 amide bonds. The lowest BCUT2D eigenvalue weighted by atomic mass is 10.1. The van der Waals surface area contributed by atoms with Gasteiger partial charge >= 0.3 is 0 Å². The quantitative estimate of drug-likeness (QED) is 0.317. The van der Waals surface area contributed by atoms with Crippen LogP contribution in [-0.2, 0) is 11.3 Å². The first-order chi connectivity index (χ1) is 12.1. The second-order valence-corrected chi connectivity index (χ2v) is 7.43. The highest BCUT2D eigenvalue weighted by Gasteiger charge is 2.19. The van der Waals surface area contributed by atoms with E-state index in [1.54, 1.807) is 7.11 Å². The van der Waals surface area contributed by atoms with Gasteiger partial charge in [-0.25, -0.2) is 4.99 Å². The summed E-state index contributed by atoms with van der Waals surface area (Å²) in [4.78, 5) is 7.25. The molecule has 2 rings (SSSR count). The molecule has 0 atom stereocenters. The molecule has 1 heterocycles. The highest BCUT2D eigenvalue weighted by molar-refractivity contribution is 14.0. The molecule has 1 aliphatic heterocycles. The van der Waals surface area contributed by atoms with Crippen molar-refractivity contribution < 1.29 is 4.74 Å². The Morgan fingerprint density at radius 2 is 2.08 bits per heavy atom. The number of aliphatic imine (C=N–C) groups is 1. The van der Waals surface area contributed by atoms with Crippen LogP contribution in [0.25, 0.3) is 0 Å². The summed E-state index contributed by atoms with van der Waals surface area (Å²) >= 11 is 3.52. The minimum Gasteiger partial charge on any atom is -0.383 e. The van der Waals surface area contributed by atoms with E-state index in [1.807, 2.05) is 0 Å². The average Bonchev–Trinajstić information content (AvgIpc) is 2.60. The first-order valence-corrected chi connectivity index (χ1v) is 9.92. The van der Waals surface area contributed by atoms with Crippen molar-refractivity contribution in [3.63, 3.8) is 0 Å². The number of ether oxygens (including phenoxy) is 1. The maximum Gasteiger partial charge on any atom is 0.191 e. The monoisotopic (exact) mass is 538 g/mol. The first-order valence-electron chi connectivity index (χ1n) is 9.13. The first kappa shape index (κ1) is 23.7. The second-order valence-electron chi connectivity index (χ2n) is 6.52. The zero-order valence-electron chi connectivity index (χ0n) is 16.1. The summed E-state index contributed by atoms with van der Waals surface area (Å²) in [5, 5.41) is 6.98. The Morgan fingerprint density at radius 1 is 1.35 bits per heavy atom. The van der Waals surface area contributed by atoms with Gasteiger partial charge in [-0.3, -0.25) is 0 Å². The number of halogens is 2. The molecule has 1 aliphatic rings. The van der Waals surface area contributed by atoms with Crippen LogP contribution in [0.2, 0.25) is 0 Å². The van der Waals surface area contributed by atoms with E-state index < -0.39 is 0 Å². The van der Waals surface area contributed by atoms with Gasteiger partial charge in [-0.15, -0.1) is 24.0 Å². The number of methoxy groups -OCH3 is 1. The Morgan fingerprint density at radius 3 is 2.69 bits per heavy atom. The number of nitrogens with one attached hydrogen (secondary N) is 2. The summed E-state index contributed by atoms with van der Waals surface area (Å²) in [5.41, 5.74) is 2.52. The van der Waals surface area contributed by atoms with Crippen LogP contribution < -0.4 is 10.6 Å². The van der Waals surface area contributed by atoms with E-state index in [9.17, 15) is 0 Å². The van der Waals surface area contributed by atoms with Gasteiger partial charge in [-0.05, 0) is 49.9 Å². The number of likely N-dealkylation sites (tertiary alicyclic amines) is 1. The fraction of sp³-hybridized carbons (Fsp3) is 0.632. The molecule has 1 aromatic rings. The van der Waals surface area contributed by atoms with Crippen LogP contribution in [0.3, 0.4) is 0 Å². The third kappa shape index (κ3) is 8.10. The molecule has 0 unspecified atom stereocenters. The number of benzene rings is 1. The summed E-state index contributed by atoms with van der Waals surface area (Å²) in [5.74, 6) is 0.917. The van der Waals surface area contributed by atoms with Crippen molar-refractivity contribution >= 4 is 45.9 Å². The van der Waals surface area contributed by atoms with Gasteiger partial charge in [0.25, 0.3) is 0 Å². The van der Waals surface area contributed by atoms with E-state index >= 15 is 0 Å². The minimum atomic E-state index is 0. The van der Waals surface area contributed by atoms with Gasteiger partial charge in [0.15, 0.2) is 5.96 Å². The smallest absolute Gasteiger partial charge is 0.191 e.